The van der Waals surface area contributed by atoms with Crippen LogP contribution in [-0.4, -0.2) is 57.7 Å². The lowest BCUT2D eigenvalue weighted by Gasteiger charge is -2.32. The fourth-order valence-corrected chi connectivity index (χ4v) is 7.98. The van der Waals surface area contributed by atoms with Crippen LogP contribution in [0, 0.1) is 5.92 Å². The zero-order chi connectivity index (χ0) is 27.2. The van der Waals surface area contributed by atoms with E-state index in [1.807, 2.05) is 6.20 Å². The number of nitrogens with zero attached hydrogens (tertiary/aromatic N) is 2. The van der Waals surface area contributed by atoms with Gasteiger partial charge in [0.15, 0.2) is 0 Å². The summed E-state index contributed by atoms with van der Waals surface area (Å²) < 4.78 is 8.20. The number of benzene rings is 1. The third kappa shape index (κ3) is 4.39. The molecular formula is C33H39N3O4. The molecule has 2 aromatic heterocycles. The molecule has 2 saturated carbocycles. The molecule has 210 valence electrons. The maximum Gasteiger partial charge on any atom is 0.337 e. The number of fused-ring (bicyclic) bond motifs is 6. The first-order valence-corrected chi connectivity index (χ1v) is 15.3. The molecule has 0 radical (unpaired) electrons. The second-order valence-electron chi connectivity index (χ2n) is 12.2. The standard InChI is InChI=1S/C33H39N3O4/c37-32(38)26-19-34-30-24-12-7-13-25(33(39)40-17-16-35-14-4-5-15-35)29(24)28-18-22-10-6-11-23(21-8-2-1-3-9-21)31(22)36(28)20-27(26)30/h6,10-11,18-21,25,29,34H,1-5,7-9,12-17H2,(H,37,38)/t25?,29-/m1/s1. The first-order valence-electron chi connectivity index (χ1n) is 15.3. The minimum atomic E-state index is -0.938. The highest BCUT2D eigenvalue weighted by Gasteiger charge is 2.40. The Morgan fingerprint density at radius 3 is 2.65 bits per heavy atom. The van der Waals surface area contributed by atoms with E-state index in [-0.39, 0.29) is 23.4 Å². The van der Waals surface area contributed by atoms with Crippen LogP contribution in [0.5, 0.6) is 0 Å². The van der Waals surface area contributed by atoms with Gasteiger partial charge in [-0.05, 0) is 81.2 Å². The van der Waals surface area contributed by atoms with E-state index in [9.17, 15) is 14.7 Å². The van der Waals surface area contributed by atoms with Crippen molar-refractivity contribution >= 4 is 34.6 Å². The highest BCUT2D eigenvalue weighted by atomic mass is 16.5. The second-order valence-corrected chi connectivity index (χ2v) is 12.2. The molecule has 2 aliphatic heterocycles. The Morgan fingerprint density at radius 1 is 1.02 bits per heavy atom. The van der Waals surface area contributed by atoms with Crippen LogP contribution in [0.3, 0.4) is 0 Å². The molecule has 3 fully saturated rings. The van der Waals surface area contributed by atoms with Gasteiger partial charge in [-0.3, -0.25) is 9.69 Å². The number of aromatic amines is 1. The van der Waals surface area contributed by atoms with Gasteiger partial charge in [0, 0.05) is 46.5 Å². The van der Waals surface area contributed by atoms with Gasteiger partial charge in [-0.15, -0.1) is 0 Å². The highest BCUT2D eigenvalue weighted by molar-refractivity contribution is 5.91. The number of carbonyl (C=O) groups excluding carboxylic acids is 1. The van der Waals surface area contributed by atoms with E-state index in [2.05, 4.69) is 38.7 Å². The van der Waals surface area contributed by atoms with E-state index in [1.54, 1.807) is 6.20 Å². The number of aromatic carboxylic acids is 1. The summed E-state index contributed by atoms with van der Waals surface area (Å²) in [6.07, 6.45) is 14.7. The van der Waals surface area contributed by atoms with Crippen molar-refractivity contribution in [2.75, 3.05) is 26.2 Å². The van der Waals surface area contributed by atoms with E-state index in [0.29, 0.717) is 17.7 Å². The second kappa shape index (κ2) is 10.6. The number of carboxylic acid groups (broad SMARTS) is 1. The Balaban J connectivity index is 1.36. The number of nitrogens with one attached hydrogen (secondary N) is 1. The summed E-state index contributed by atoms with van der Waals surface area (Å²) in [7, 11) is 0. The average Bonchev–Trinajstić information content (AvgIpc) is 3.71. The van der Waals surface area contributed by atoms with Crippen LogP contribution in [0.15, 0.2) is 30.5 Å². The topological polar surface area (TPSA) is 87.6 Å². The molecule has 4 aliphatic rings. The molecule has 0 bridgehead atoms. The average molecular weight is 542 g/mol. The minimum Gasteiger partial charge on any atom is -0.478 e. The number of H-pyrrole nitrogens is 1. The number of esters is 1. The molecular weight excluding hydrogens is 502 g/mol. The van der Waals surface area contributed by atoms with Gasteiger partial charge in [0.25, 0.3) is 0 Å². The SMILES string of the molecule is O=C(O)c1c[nH]c2c1=Cn1c(cc3cccc(C4CCCCC4)c31)[C@@H]1C=2CCCC1C(=O)OCCN1CCCC1. The van der Waals surface area contributed by atoms with Crippen LogP contribution in [0.1, 0.15) is 97.7 Å². The summed E-state index contributed by atoms with van der Waals surface area (Å²) in [6.45, 7) is 3.39. The van der Waals surface area contributed by atoms with Gasteiger partial charge in [-0.1, -0.05) is 37.5 Å². The molecule has 1 aromatic carbocycles. The zero-order valence-electron chi connectivity index (χ0n) is 23.2. The van der Waals surface area contributed by atoms with Gasteiger partial charge in [0.1, 0.15) is 6.61 Å². The fraction of sp³-hybridized carbons (Fsp3) is 0.515. The number of hydrogen-bond acceptors (Lipinski definition) is 4. The van der Waals surface area contributed by atoms with E-state index in [4.69, 9.17) is 4.74 Å². The Kier molecular flexibility index (Phi) is 6.78. The van der Waals surface area contributed by atoms with E-state index >= 15 is 0 Å². The van der Waals surface area contributed by atoms with Crippen molar-refractivity contribution in [1.82, 2.24) is 14.5 Å². The third-order valence-corrected chi connectivity index (χ3v) is 9.91. The van der Waals surface area contributed by atoms with Crippen LogP contribution in [-0.2, 0) is 9.53 Å². The first-order chi connectivity index (χ1) is 19.6. The van der Waals surface area contributed by atoms with Crippen molar-refractivity contribution in [2.45, 2.75) is 76.0 Å². The molecule has 4 heterocycles. The normalized spacial score (nSPS) is 23.2. The number of likely N-dealkylation sites (tertiary alicyclic amines) is 1. The van der Waals surface area contributed by atoms with Crippen molar-refractivity contribution in [3.05, 3.63) is 57.9 Å². The predicted octanol–water partition coefficient (Wildman–Crippen LogP) is 4.69. The Hall–Kier alpha value is -3.32. The molecule has 40 heavy (non-hydrogen) atoms. The summed E-state index contributed by atoms with van der Waals surface area (Å²) >= 11 is 0. The number of ether oxygens (including phenoxy) is 1. The van der Waals surface area contributed by atoms with Gasteiger partial charge in [-0.2, -0.15) is 0 Å². The predicted molar refractivity (Wildman–Crippen MR) is 155 cm³/mol. The largest absolute Gasteiger partial charge is 0.478 e. The number of rotatable bonds is 6. The summed E-state index contributed by atoms with van der Waals surface area (Å²) in [4.78, 5) is 31.7. The van der Waals surface area contributed by atoms with Gasteiger partial charge < -0.3 is 19.4 Å². The molecule has 1 saturated heterocycles. The smallest absolute Gasteiger partial charge is 0.337 e. The number of hydrogen-bond donors (Lipinski definition) is 2. The molecule has 7 heteroatoms. The van der Waals surface area contributed by atoms with Gasteiger partial charge in [0.05, 0.1) is 17.0 Å². The Bertz CT molecular complexity index is 1570. The maximum atomic E-state index is 13.7. The van der Waals surface area contributed by atoms with Gasteiger partial charge in [-0.25, -0.2) is 4.79 Å². The van der Waals surface area contributed by atoms with Crippen molar-refractivity contribution in [3.8, 4) is 0 Å². The van der Waals surface area contributed by atoms with Gasteiger partial charge in [0.2, 0.25) is 0 Å². The zero-order valence-corrected chi connectivity index (χ0v) is 23.2. The van der Waals surface area contributed by atoms with Crippen molar-refractivity contribution in [1.29, 1.82) is 0 Å². The fourth-order valence-electron chi connectivity index (χ4n) is 7.98. The van der Waals surface area contributed by atoms with Crippen molar-refractivity contribution < 1.29 is 19.4 Å². The van der Waals surface area contributed by atoms with Crippen molar-refractivity contribution in [2.24, 2.45) is 5.92 Å². The maximum absolute atomic E-state index is 13.7. The molecule has 2 atom stereocenters. The van der Waals surface area contributed by atoms with Crippen LogP contribution in [0.25, 0.3) is 22.7 Å². The third-order valence-electron chi connectivity index (χ3n) is 9.91. The molecule has 0 amide bonds. The quantitative estimate of drug-likeness (QED) is 0.442. The molecule has 2 aliphatic carbocycles. The van der Waals surface area contributed by atoms with E-state index in [0.717, 1.165) is 60.9 Å². The lowest BCUT2D eigenvalue weighted by Crippen LogP contribution is -2.35. The van der Waals surface area contributed by atoms with E-state index in [1.165, 1.54) is 56.0 Å². The number of carboxylic acids is 1. The number of aromatic nitrogens is 2. The Labute approximate surface area is 234 Å². The lowest BCUT2D eigenvalue weighted by molar-refractivity contribution is -0.149. The monoisotopic (exact) mass is 541 g/mol. The summed E-state index contributed by atoms with van der Waals surface area (Å²) in [5.74, 6) is -1.01. The van der Waals surface area contributed by atoms with Crippen LogP contribution < -0.4 is 10.6 Å². The van der Waals surface area contributed by atoms with Crippen LogP contribution >= 0.6 is 0 Å². The van der Waals surface area contributed by atoms with Crippen molar-refractivity contribution in [3.63, 3.8) is 0 Å². The van der Waals surface area contributed by atoms with Gasteiger partial charge >= 0.3 is 11.9 Å². The Morgan fingerprint density at radius 2 is 1.85 bits per heavy atom. The molecule has 1 unspecified atom stereocenters. The summed E-state index contributed by atoms with van der Waals surface area (Å²) in [5.41, 5.74) is 5.00. The lowest BCUT2D eigenvalue weighted by atomic mass is 9.73. The molecule has 2 N–H and O–H groups in total. The number of carbonyl (C=O) groups is 2. The van der Waals surface area contributed by atoms with Crippen LogP contribution in [0.4, 0.5) is 0 Å². The molecule has 0 spiro atoms. The highest BCUT2D eigenvalue weighted by Crippen LogP contribution is 2.46. The van der Waals surface area contributed by atoms with Crippen LogP contribution in [0.2, 0.25) is 0 Å². The minimum absolute atomic E-state index is 0.126. The summed E-state index contributed by atoms with van der Waals surface area (Å²) in [6, 6.07) is 8.84. The van der Waals surface area contributed by atoms with E-state index < -0.39 is 5.97 Å². The molecule has 7 rings (SSSR count). The number of para-hydroxylation sites is 1. The first kappa shape index (κ1) is 25.6. The molecule has 7 nitrogen and oxygen atoms in total. The molecule has 3 aromatic rings. The summed E-state index contributed by atoms with van der Waals surface area (Å²) in [5, 5.41) is 12.8.